The van der Waals surface area contributed by atoms with Crippen molar-refractivity contribution in [3.05, 3.63) is 29.8 Å². The average Bonchev–Trinajstić information content (AvgIpc) is 2.43. The maximum atomic E-state index is 11.5. The van der Waals surface area contributed by atoms with Gasteiger partial charge in [-0.3, -0.25) is 9.63 Å². The second-order valence-electron chi connectivity index (χ2n) is 3.47. The molecule has 1 rings (SSSR count). The van der Waals surface area contributed by atoms with Gasteiger partial charge in [0.25, 0.3) is 5.91 Å². The molecular formula is C13H17NO4. The molecule has 1 aromatic carbocycles. The minimum atomic E-state index is -0.243. The predicted octanol–water partition coefficient (Wildman–Crippen LogP) is 1.74. The van der Waals surface area contributed by atoms with Crippen molar-refractivity contribution in [3.8, 4) is 11.5 Å². The highest BCUT2D eigenvalue weighted by atomic mass is 16.7. The monoisotopic (exact) mass is 251 g/mol. The van der Waals surface area contributed by atoms with Crippen LogP contribution in [0.25, 0.3) is 6.08 Å². The van der Waals surface area contributed by atoms with Crippen molar-refractivity contribution < 1.29 is 19.1 Å². The van der Waals surface area contributed by atoms with Crippen molar-refractivity contribution in [2.75, 3.05) is 28.4 Å². The van der Waals surface area contributed by atoms with Crippen LogP contribution in [0.3, 0.4) is 0 Å². The molecule has 1 aromatic rings. The van der Waals surface area contributed by atoms with Crippen LogP contribution in [0.1, 0.15) is 5.56 Å². The maximum Gasteiger partial charge on any atom is 0.269 e. The molecule has 0 fully saturated rings. The zero-order valence-corrected chi connectivity index (χ0v) is 11.0. The van der Waals surface area contributed by atoms with Crippen molar-refractivity contribution in [1.82, 2.24) is 5.06 Å². The number of hydrogen-bond donors (Lipinski definition) is 0. The Morgan fingerprint density at radius 2 is 1.83 bits per heavy atom. The Morgan fingerprint density at radius 3 is 2.39 bits per heavy atom. The highest BCUT2D eigenvalue weighted by Crippen LogP contribution is 2.27. The number of likely N-dealkylation sites (N-methyl/N-ethyl adjacent to an activating group) is 1. The van der Waals surface area contributed by atoms with E-state index in [4.69, 9.17) is 14.3 Å². The first kappa shape index (κ1) is 14.1. The molecule has 0 unspecified atom stereocenters. The first-order chi connectivity index (χ1) is 8.62. The number of carbonyl (C=O) groups is 1. The lowest BCUT2D eigenvalue weighted by Crippen LogP contribution is -2.22. The van der Waals surface area contributed by atoms with Crippen molar-refractivity contribution in [1.29, 1.82) is 0 Å². The third kappa shape index (κ3) is 3.49. The summed E-state index contributed by atoms with van der Waals surface area (Å²) in [4.78, 5) is 16.3. The number of rotatable bonds is 5. The summed E-state index contributed by atoms with van der Waals surface area (Å²) in [5, 5.41) is 1.14. The molecule has 0 atom stereocenters. The van der Waals surface area contributed by atoms with E-state index < -0.39 is 0 Å². The molecule has 0 saturated carbocycles. The van der Waals surface area contributed by atoms with Gasteiger partial charge in [-0.2, -0.15) is 0 Å². The quantitative estimate of drug-likeness (QED) is 0.590. The fourth-order valence-electron chi connectivity index (χ4n) is 1.32. The van der Waals surface area contributed by atoms with Crippen molar-refractivity contribution in [2.24, 2.45) is 0 Å². The van der Waals surface area contributed by atoms with E-state index in [1.807, 2.05) is 6.07 Å². The van der Waals surface area contributed by atoms with Crippen LogP contribution in [-0.4, -0.2) is 39.3 Å². The molecule has 98 valence electrons. The third-order valence-corrected chi connectivity index (χ3v) is 2.41. The minimum absolute atomic E-state index is 0.243. The normalized spacial score (nSPS) is 10.4. The van der Waals surface area contributed by atoms with Crippen LogP contribution < -0.4 is 9.47 Å². The lowest BCUT2D eigenvalue weighted by atomic mass is 10.2. The molecule has 1 amide bonds. The number of ether oxygens (including phenoxy) is 2. The second-order valence-corrected chi connectivity index (χ2v) is 3.47. The molecule has 0 saturated heterocycles. The van der Waals surface area contributed by atoms with Gasteiger partial charge in [0.15, 0.2) is 11.5 Å². The van der Waals surface area contributed by atoms with E-state index in [1.165, 1.54) is 13.2 Å². The van der Waals surface area contributed by atoms with Gasteiger partial charge in [-0.05, 0) is 23.8 Å². The van der Waals surface area contributed by atoms with Gasteiger partial charge in [0.1, 0.15) is 0 Å². The lowest BCUT2D eigenvalue weighted by Gasteiger charge is -2.10. The molecule has 18 heavy (non-hydrogen) atoms. The van der Waals surface area contributed by atoms with Crippen molar-refractivity contribution >= 4 is 12.0 Å². The minimum Gasteiger partial charge on any atom is -0.493 e. The van der Waals surface area contributed by atoms with E-state index in [1.54, 1.807) is 39.5 Å². The molecule has 5 heteroatoms. The Kier molecular flexibility index (Phi) is 5.20. The molecule has 5 nitrogen and oxygen atoms in total. The summed E-state index contributed by atoms with van der Waals surface area (Å²) in [7, 11) is 6.11. The zero-order chi connectivity index (χ0) is 13.5. The highest BCUT2D eigenvalue weighted by molar-refractivity contribution is 5.90. The van der Waals surface area contributed by atoms with Crippen molar-refractivity contribution in [3.63, 3.8) is 0 Å². The van der Waals surface area contributed by atoms with Gasteiger partial charge in [0.05, 0.1) is 21.3 Å². The number of nitrogens with zero attached hydrogens (tertiary/aromatic N) is 1. The summed E-state index contributed by atoms with van der Waals surface area (Å²) in [6.07, 6.45) is 3.10. The Labute approximate surface area is 107 Å². The topological polar surface area (TPSA) is 48.0 Å². The number of hydrogen-bond acceptors (Lipinski definition) is 4. The summed E-state index contributed by atoms with van der Waals surface area (Å²) in [5.74, 6) is 1.02. The van der Waals surface area contributed by atoms with Gasteiger partial charge in [0, 0.05) is 13.1 Å². The lowest BCUT2D eigenvalue weighted by molar-refractivity contribution is -0.162. The fourth-order valence-corrected chi connectivity index (χ4v) is 1.32. The van der Waals surface area contributed by atoms with E-state index in [0.29, 0.717) is 11.5 Å². The summed E-state index contributed by atoms with van der Waals surface area (Å²) < 4.78 is 10.3. The van der Waals surface area contributed by atoms with Gasteiger partial charge >= 0.3 is 0 Å². The molecule has 0 aliphatic rings. The smallest absolute Gasteiger partial charge is 0.269 e. The SMILES string of the molecule is COc1ccc(C=CC(=O)N(C)OC)cc1OC. The molecule has 0 aliphatic carbocycles. The van der Waals surface area contributed by atoms with E-state index >= 15 is 0 Å². The van der Waals surface area contributed by atoms with Gasteiger partial charge in [-0.15, -0.1) is 0 Å². The highest BCUT2D eigenvalue weighted by Gasteiger charge is 2.04. The van der Waals surface area contributed by atoms with E-state index in [2.05, 4.69) is 0 Å². The van der Waals surface area contributed by atoms with Crippen LogP contribution in [0, 0.1) is 0 Å². The van der Waals surface area contributed by atoms with Gasteiger partial charge < -0.3 is 9.47 Å². The molecule has 0 heterocycles. The van der Waals surface area contributed by atoms with Crippen LogP contribution in [0.5, 0.6) is 11.5 Å². The summed E-state index contributed by atoms with van der Waals surface area (Å²) in [6.45, 7) is 0. The van der Waals surface area contributed by atoms with Gasteiger partial charge in [0.2, 0.25) is 0 Å². The average molecular weight is 251 g/mol. The first-order valence-corrected chi connectivity index (χ1v) is 5.34. The standard InChI is InChI=1S/C13H17NO4/c1-14(18-4)13(15)8-6-10-5-7-11(16-2)12(9-10)17-3/h5-9H,1-4H3. The second kappa shape index (κ2) is 6.66. The molecule has 0 radical (unpaired) electrons. The van der Waals surface area contributed by atoms with Crippen molar-refractivity contribution in [2.45, 2.75) is 0 Å². The zero-order valence-electron chi connectivity index (χ0n) is 11.0. The van der Waals surface area contributed by atoms with Crippen LogP contribution in [0.2, 0.25) is 0 Å². The molecule has 0 bridgehead atoms. The van der Waals surface area contributed by atoms with Gasteiger partial charge in [-0.1, -0.05) is 6.07 Å². The maximum absolute atomic E-state index is 11.5. The molecule has 0 aliphatic heterocycles. The number of hydroxylamine groups is 2. The van der Waals surface area contributed by atoms with E-state index in [9.17, 15) is 4.79 Å². The van der Waals surface area contributed by atoms with E-state index in [-0.39, 0.29) is 5.91 Å². The van der Waals surface area contributed by atoms with E-state index in [0.717, 1.165) is 10.6 Å². The van der Waals surface area contributed by atoms with Crippen LogP contribution >= 0.6 is 0 Å². The van der Waals surface area contributed by atoms with Crippen LogP contribution in [0.15, 0.2) is 24.3 Å². The Bertz CT molecular complexity index is 443. The molecule has 0 spiro atoms. The molecular weight excluding hydrogens is 234 g/mol. The van der Waals surface area contributed by atoms with Crippen LogP contribution in [0.4, 0.5) is 0 Å². The number of carbonyl (C=O) groups excluding carboxylic acids is 1. The fraction of sp³-hybridized carbons (Fsp3) is 0.308. The Balaban J connectivity index is 2.85. The van der Waals surface area contributed by atoms with Gasteiger partial charge in [-0.25, -0.2) is 5.06 Å². The first-order valence-electron chi connectivity index (χ1n) is 5.34. The third-order valence-electron chi connectivity index (χ3n) is 2.41. The summed E-state index contributed by atoms with van der Waals surface area (Å²) in [6, 6.07) is 5.40. The number of benzene rings is 1. The van der Waals surface area contributed by atoms with Crippen LogP contribution in [-0.2, 0) is 9.63 Å². The Hall–Kier alpha value is -2.01. The molecule has 0 aromatic heterocycles. The largest absolute Gasteiger partial charge is 0.493 e. The summed E-state index contributed by atoms with van der Waals surface area (Å²) >= 11 is 0. The molecule has 0 N–H and O–H groups in total. The predicted molar refractivity (Wildman–Crippen MR) is 68.4 cm³/mol. The number of amides is 1. The summed E-state index contributed by atoms with van der Waals surface area (Å²) in [5.41, 5.74) is 0.838. The Morgan fingerprint density at radius 1 is 1.17 bits per heavy atom. The number of methoxy groups -OCH3 is 2.